The minimum Gasteiger partial charge on any atom is -0.467 e. The van der Waals surface area contributed by atoms with Gasteiger partial charge in [-0.1, -0.05) is 13.8 Å². The van der Waals surface area contributed by atoms with Gasteiger partial charge in [0.15, 0.2) is 0 Å². The number of hydrogen-bond acceptors (Lipinski definition) is 4. The highest BCUT2D eigenvalue weighted by atomic mass is 16.5. The third-order valence-corrected chi connectivity index (χ3v) is 1.80. The third kappa shape index (κ3) is 3.74. The predicted octanol–water partition coefficient (Wildman–Crippen LogP) is -0.319. The molecule has 5 heteroatoms. The first-order valence-corrected chi connectivity index (χ1v) is 4.46. The van der Waals surface area contributed by atoms with E-state index in [1.54, 1.807) is 13.8 Å². The Morgan fingerprint density at radius 3 is 2.07 bits per heavy atom. The molecule has 0 bridgehead atoms. The van der Waals surface area contributed by atoms with Crippen LogP contribution in [0.2, 0.25) is 0 Å². The first-order chi connectivity index (χ1) is 6.40. The second-order valence-corrected chi connectivity index (χ2v) is 3.43. The fraction of sp³-hybridized carbons (Fsp3) is 0.778. The quantitative estimate of drug-likeness (QED) is 0.614. The van der Waals surface area contributed by atoms with Gasteiger partial charge in [-0.05, 0) is 12.8 Å². The van der Waals surface area contributed by atoms with Gasteiger partial charge in [0.25, 0.3) is 0 Å². The molecule has 2 atom stereocenters. The summed E-state index contributed by atoms with van der Waals surface area (Å²) in [5, 5.41) is 11.3. The number of hydrogen-bond donors (Lipinski definition) is 2. The van der Waals surface area contributed by atoms with Crippen LogP contribution in [0.1, 0.15) is 20.8 Å². The number of carbonyl (C=O) groups is 2. The van der Waals surface area contributed by atoms with Crippen molar-refractivity contribution in [2.75, 3.05) is 7.11 Å². The Labute approximate surface area is 83.4 Å². The zero-order valence-corrected chi connectivity index (χ0v) is 8.90. The van der Waals surface area contributed by atoms with Gasteiger partial charge in [-0.25, -0.2) is 4.79 Å². The standard InChI is InChI=1S/C9H17NO4/c1-5(2)7(9(13)14-4)10-8(12)6(3)11/h5-7,11H,1-4H3,(H,10,12)/t6-,7+/m0/s1. The number of ether oxygens (including phenoxy) is 1. The van der Waals surface area contributed by atoms with Crippen LogP contribution >= 0.6 is 0 Å². The van der Waals surface area contributed by atoms with E-state index in [2.05, 4.69) is 10.1 Å². The summed E-state index contributed by atoms with van der Waals surface area (Å²) in [4.78, 5) is 22.3. The van der Waals surface area contributed by atoms with Crippen molar-refractivity contribution in [2.24, 2.45) is 5.92 Å². The van der Waals surface area contributed by atoms with Gasteiger partial charge < -0.3 is 15.2 Å². The molecule has 0 saturated heterocycles. The lowest BCUT2D eigenvalue weighted by molar-refractivity contribution is -0.147. The molecule has 0 aromatic rings. The zero-order chi connectivity index (χ0) is 11.3. The van der Waals surface area contributed by atoms with E-state index < -0.39 is 24.0 Å². The van der Waals surface area contributed by atoms with Gasteiger partial charge in [-0.3, -0.25) is 4.79 Å². The Kier molecular flexibility index (Phi) is 5.15. The zero-order valence-electron chi connectivity index (χ0n) is 8.90. The monoisotopic (exact) mass is 203 g/mol. The smallest absolute Gasteiger partial charge is 0.328 e. The van der Waals surface area contributed by atoms with Crippen LogP contribution in [0, 0.1) is 5.92 Å². The molecular formula is C9H17NO4. The molecule has 1 amide bonds. The minimum absolute atomic E-state index is 0.0786. The van der Waals surface area contributed by atoms with E-state index in [9.17, 15) is 9.59 Å². The Balaban J connectivity index is 4.38. The lowest BCUT2D eigenvalue weighted by Crippen LogP contribution is -2.48. The highest BCUT2D eigenvalue weighted by molar-refractivity contribution is 5.86. The number of nitrogens with one attached hydrogen (secondary N) is 1. The van der Waals surface area contributed by atoms with Crippen molar-refractivity contribution in [1.29, 1.82) is 0 Å². The largest absolute Gasteiger partial charge is 0.467 e. The molecule has 0 aromatic heterocycles. The van der Waals surface area contributed by atoms with E-state index in [0.29, 0.717) is 0 Å². The van der Waals surface area contributed by atoms with E-state index in [4.69, 9.17) is 5.11 Å². The number of aliphatic hydroxyl groups excluding tert-OH is 1. The Bertz CT molecular complexity index is 213. The number of methoxy groups -OCH3 is 1. The molecule has 0 aromatic carbocycles. The summed E-state index contributed by atoms with van der Waals surface area (Å²) >= 11 is 0. The molecule has 82 valence electrons. The van der Waals surface area contributed by atoms with Crippen molar-refractivity contribution >= 4 is 11.9 Å². The number of amides is 1. The lowest BCUT2D eigenvalue weighted by Gasteiger charge is -2.20. The molecule has 14 heavy (non-hydrogen) atoms. The van der Waals surface area contributed by atoms with Gasteiger partial charge in [-0.15, -0.1) is 0 Å². The minimum atomic E-state index is -1.12. The number of rotatable bonds is 4. The van der Waals surface area contributed by atoms with Crippen molar-refractivity contribution in [3.05, 3.63) is 0 Å². The van der Waals surface area contributed by atoms with Crippen LogP contribution in [-0.2, 0) is 14.3 Å². The highest BCUT2D eigenvalue weighted by Gasteiger charge is 2.25. The van der Waals surface area contributed by atoms with Crippen molar-refractivity contribution in [3.8, 4) is 0 Å². The Morgan fingerprint density at radius 1 is 1.29 bits per heavy atom. The van der Waals surface area contributed by atoms with Gasteiger partial charge in [0.1, 0.15) is 12.1 Å². The molecule has 0 unspecified atom stereocenters. The molecular weight excluding hydrogens is 186 g/mol. The number of carbonyl (C=O) groups excluding carboxylic acids is 2. The highest BCUT2D eigenvalue weighted by Crippen LogP contribution is 2.03. The summed E-state index contributed by atoms with van der Waals surface area (Å²) < 4.78 is 4.52. The van der Waals surface area contributed by atoms with Gasteiger partial charge in [0, 0.05) is 0 Å². The van der Waals surface area contributed by atoms with Crippen molar-refractivity contribution in [2.45, 2.75) is 32.9 Å². The van der Waals surface area contributed by atoms with Gasteiger partial charge in [0.2, 0.25) is 5.91 Å². The van der Waals surface area contributed by atoms with Crippen LogP contribution in [-0.4, -0.2) is 36.2 Å². The second kappa shape index (κ2) is 5.59. The van der Waals surface area contributed by atoms with Gasteiger partial charge in [0.05, 0.1) is 7.11 Å². The maximum absolute atomic E-state index is 11.2. The van der Waals surface area contributed by atoms with Crippen LogP contribution in [0.3, 0.4) is 0 Å². The molecule has 0 aliphatic rings. The van der Waals surface area contributed by atoms with E-state index in [0.717, 1.165) is 0 Å². The lowest BCUT2D eigenvalue weighted by atomic mass is 10.0. The van der Waals surface area contributed by atoms with Crippen molar-refractivity contribution in [3.63, 3.8) is 0 Å². The molecule has 0 aliphatic carbocycles. The van der Waals surface area contributed by atoms with E-state index >= 15 is 0 Å². The Hall–Kier alpha value is -1.10. The third-order valence-electron chi connectivity index (χ3n) is 1.80. The summed E-state index contributed by atoms with van der Waals surface area (Å²) in [5.41, 5.74) is 0. The molecule has 5 nitrogen and oxygen atoms in total. The first-order valence-electron chi connectivity index (χ1n) is 4.46. The SMILES string of the molecule is COC(=O)[C@H](NC(=O)[C@H](C)O)C(C)C. The molecule has 0 radical (unpaired) electrons. The van der Waals surface area contributed by atoms with Crippen molar-refractivity contribution < 1.29 is 19.4 Å². The summed E-state index contributed by atoms with van der Waals surface area (Å²) in [6.07, 6.45) is -1.12. The summed E-state index contributed by atoms with van der Waals surface area (Å²) in [7, 11) is 1.26. The summed E-state index contributed by atoms with van der Waals surface area (Å²) in [6, 6.07) is -0.706. The van der Waals surface area contributed by atoms with E-state index in [1.165, 1.54) is 14.0 Å². The average molecular weight is 203 g/mol. The molecule has 0 aliphatic heterocycles. The normalized spacial score (nSPS) is 14.7. The second-order valence-electron chi connectivity index (χ2n) is 3.43. The molecule has 0 spiro atoms. The number of esters is 1. The topological polar surface area (TPSA) is 75.6 Å². The summed E-state index contributed by atoms with van der Waals surface area (Å²) in [5.74, 6) is -1.16. The fourth-order valence-corrected chi connectivity index (χ4v) is 0.899. The maximum atomic E-state index is 11.2. The van der Waals surface area contributed by atoms with E-state index in [1.807, 2.05) is 0 Å². The maximum Gasteiger partial charge on any atom is 0.328 e. The predicted molar refractivity (Wildman–Crippen MR) is 50.5 cm³/mol. The number of aliphatic hydroxyl groups is 1. The molecule has 0 rings (SSSR count). The fourth-order valence-electron chi connectivity index (χ4n) is 0.899. The van der Waals surface area contributed by atoms with Crippen LogP contribution in [0.25, 0.3) is 0 Å². The van der Waals surface area contributed by atoms with E-state index in [-0.39, 0.29) is 5.92 Å². The van der Waals surface area contributed by atoms with Crippen LogP contribution in [0.4, 0.5) is 0 Å². The first kappa shape index (κ1) is 12.9. The molecule has 0 heterocycles. The van der Waals surface area contributed by atoms with Gasteiger partial charge in [-0.2, -0.15) is 0 Å². The van der Waals surface area contributed by atoms with Crippen molar-refractivity contribution in [1.82, 2.24) is 5.32 Å². The van der Waals surface area contributed by atoms with Crippen LogP contribution in [0.15, 0.2) is 0 Å². The van der Waals surface area contributed by atoms with Crippen LogP contribution in [0.5, 0.6) is 0 Å². The van der Waals surface area contributed by atoms with Gasteiger partial charge >= 0.3 is 5.97 Å². The molecule has 0 fully saturated rings. The molecule has 0 saturated carbocycles. The van der Waals surface area contributed by atoms with Crippen LogP contribution < -0.4 is 5.32 Å². The summed E-state index contributed by atoms with van der Waals surface area (Å²) in [6.45, 7) is 4.90. The Morgan fingerprint density at radius 2 is 1.79 bits per heavy atom. The average Bonchev–Trinajstić information content (AvgIpc) is 2.11. The molecule has 2 N–H and O–H groups in total.